The highest BCUT2D eigenvalue weighted by Gasteiger charge is 1.59. The molecule has 0 bridgehead atoms. The summed E-state index contributed by atoms with van der Waals surface area (Å²) in [6.45, 7) is 0. The summed E-state index contributed by atoms with van der Waals surface area (Å²) in [6.07, 6.45) is 6.25. The van der Waals surface area contributed by atoms with Crippen molar-refractivity contribution >= 4 is 6.29 Å². The molecule has 0 amide bonds. The van der Waals surface area contributed by atoms with Crippen molar-refractivity contribution in [1.29, 1.82) is 5.26 Å². The van der Waals surface area contributed by atoms with E-state index >= 15 is 0 Å². The second-order valence-corrected chi connectivity index (χ2v) is 1.01. The van der Waals surface area contributed by atoms with Gasteiger partial charge in [-0.15, -0.1) is 0 Å². The Hall–Kier alpha value is -1.36. The fourth-order valence-corrected chi connectivity index (χ4v) is 0.208. The molecule has 0 saturated heterocycles. The molecule has 0 spiro atoms. The lowest BCUT2D eigenvalue weighted by Crippen LogP contribution is -1.54. The van der Waals surface area contributed by atoms with Gasteiger partial charge in [-0.05, 0) is 6.08 Å². The van der Waals surface area contributed by atoms with Crippen molar-refractivity contribution in [3.8, 4) is 6.07 Å². The molecule has 0 radical (unpaired) electrons. The third-order valence-electron chi connectivity index (χ3n) is 0.472. The number of hydrogen-bond donors (Lipinski definition) is 0. The first kappa shape index (κ1) is 6.64. The molecule has 0 heterocycles. The number of allylic oxidation sites excluding steroid dienone is 4. The number of hydrogen-bond acceptors (Lipinski definition) is 2. The van der Waals surface area contributed by atoms with Gasteiger partial charge in [-0.1, -0.05) is 12.2 Å². The Labute approximate surface area is 47.7 Å². The number of nitriles is 1. The molecular formula is C6H5NO. The molecule has 0 N–H and O–H groups in total. The first-order valence-electron chi connectivity index (χ1n) is 2.08. The highest BCUT2D eigenvalue weighted by atomic mass is 16.1. The van der Waals surface area contributed by atoms with Gasteiger partial charge in [0.1, 0.15) is 6.29 Å². The van der Waals surface area contributed by atoms with Crippen LogP contribution in [-0.2, 0) is 4.79 Å². The minimum absolute atomic E-state index is 0.654. The lowest BCUT2D eigenvalue weighted by Gasteiger charge is -1.61. The van der Waals surface area contributed by atoms with E-state index in [0.29, 0.717) is 6.29 Å². The van der Waals surface area contributed by atoms with Gasteiger partial charge in [-0.25, -0.2) is 0 Å². The van der Waals surface area contributed by atoms with Crippen LogP contribution in [-0.4, -0.2) is 6.29 Å². The maximum atomic E-state index is 9.56. The third-order valence-corrected chi connectivity index (χ3v) is 0.472. The summed E-state index contributed by atoms with van der Waals surface area (Å²) < 4.78 is 0. The first-order valence-corrected chi connectivity index (χ1v) is 2.08. The van der Waals surface area contributed by atoms with Crippen LogP contribution >= 0.6 is 0 Å². The zero-order valence-electron chi connectivity index (χ0n) is 4.24. The molecule has 0 aromatic heterocycles. The van der Waals surface area contributed by atoms with Gasteiger partial charge in [0.25, 0.3) is 0 Å². The fourth-order valence-electron chi connectivity index (χ4n) is 0.208. The van der Waals surface area contributed by atoms with Gasteiger partial charge >= 0.3 is 0 Å². The van der Waals surface area contributed by atoms with E-state index in [0.717, 1.165) is 0 Å². The minimum Gasteiger partial charge on any atom is -0.299 e. The van der Waals surface area contributed by atoms with Crippen LogP contribution < -0.4 is 0 Å². The quantitative estimate of drug-likeness (QED) is 0.227. The van der Waals surface area contributed by atoms with Crippen molar-refractivity contribution in [3.63, 3.8) is 0 Å². The van der Waals surface area contributed by atoms with E-state index in [1.54, 1.807) is 6.07 Å². The van der Waals surface area contributed by atoms with Crippen LogP contribution in [0.2, 0.25) is 0 Å². The van der Waals surface area contributed by atoms with Crippen molar-refractivity contribution in [2.45, 2.75) is 0 Å². The maximum absolute atomic E-state index is 9.56. The Bertz CT molecular complexity index is 150. The summed E-state index contributed by atoms with van der Waals surface area (Å²) >= 11 is 0. The summed E-state index contributed by atoms with van der Waals surface area (Å²) in [7, 11) is 0. The number of carbonyl (C=O) groups is 1. The van der Waals surface area contributed by atoms with Gasteiger partial charge in [0.2, 0.25) is 0 Å². The zero-order valence-corrected chi connectivity index (χ0v) is 4.24. The standard InChI is InChI=1S/C6H5NO/c7-5-3-1-2-4-6-8/h1-4,6H/b3-1+,4-2+. The summed E-state index contributed by atoms with van der Waals surface area (Å²) in [6, 6.07) is 1.78. The topological polar surface area (TPSA) is 40.9 Å². The molecule has 0 aliphatic heterocycles. The molecule has 0 fully saturated rings. The van der Waals surface area contributed by atoms with E-state index < -0.39 is 0 Å². The lowest BCUT2D eigenvalue weighted by molar-refractivity contribution is -0.104. The summed E-state index contributed by atoms with van der Waals surface area (Å²) in [5.74, 6) is 0. The predicted octanol–water partition coefficient (Wildman–Crippen LogP) is 0.821. The van der Waals surface area contributed by atoms with Crippen molar-refractivity contribution in [1.82, 2.24) is 0 Å². The van der Waals surface area contributed by atoms with Crippen molar-refractivity contribution < 1.29 is 4.79 Å². The SMILES string of the molecule is N#C/C=C/C=C/C=O. The number of carbonyl (C=O) groups excluding carboxylic acids is 1. The molecule has 2 heteroatoms. The van der Waals surface area contributed by atoms with Crippen LogP contribution in [0.5, 0.6) is 0 Å². The highest BCUT2D eigenvalue weighted by Crippen LogP contribution is 1.70. The van der Waals surface area contributed by atoms with Crippen LogP contribution in [0.25, 0.3) is 0 Å². The van der Waals surface area contributed by atoms with Crippen LogP contribution in [0.1, 0.15) is 0 Å². The Morgan fingerprint density at radius 2 is 2.00 bits per heavy atom. The second kappa shape index (κ2) is 5.64. The number of aldehydes is 1. The van der Waals surface area contributed by atoms with Crippen LogP contribution in [0.4, 0.5) is 0 Å². The first-order chi connectivity index (χ1) is 3.91. The normalized spacial score (nSPS) is 9.88. The van der Waals surface area contributed by atoms with E-state index in [2.05, 4.69) is 0 Å². The third kappa shape index (κ3) is 4.64. The molecule has 0 aliphatic carbocycles. The van der Waals surface area contributed by atoms with Crippen molar-refractivity contribution in [3.05, 3.63) is 24.3 Å². The molecule has 0 atom stereocenters. The Morgan fingerprint density at radius 1 is 1.25 bits per heavy atom. The van der Waals surface area contributed by atoms with Gasteiger partial charge in [-0.2, -0.15) is 5.26 Å². The van der Waals surface area contributed by atoms with Crippen LogP contribution in [0, 0.1) is 11.3 Å². The lowest BCUT2D eigenvalue weighted by atomic mass is 10.4. The fraction of sp³-hybridized carbons (Fsp3) is 0. The monoisotopic (exact) mass is 107 g/mol. The molecular weight excluding hydrogens is 102 g/mol. The smallest absolute Gasteiger partial charge is 0.142 e. The van der Waals surface area contributed by atoms with E-state index in [-0.39, 0.29) is 0 Å². The number of nitrogens with zero attached hydrogens (tertiary/aromatic N) is 1. The van der Waals surface area contributed by atoms with Crippen LogP contribution in [0.3, 0.4) is 0 Å². The van der Waals surface area contributed by atoms with E-state index in [4.69, 9.17) is 5.26 Å². The van der Waals surface area contributed by atoms with Gasteiger partial charge in [0.05, 0.1) is 6.07 Å². The largest absolute Gasteiger partial charge is 0.299 e. The summed E-state index contributed by atoms with van der Waals surface area (Å²) in [5.41, 5.74) is 0. The molecule has 40 valence electrons. The van der Waals surface area contributed by atoms with Gasteiger partial charge in [-0.3, -0.25) is 4.79 Å². The molecule has 2 nitrogen and oxygen atoms in total. The van der Waals surface area contributed by atoms with E-state index in [1.165, 1.54) is 24.3 Å². The minimum atomic E-state index is 0.654. The maximum Gasteiger partial charge on any atom is 0.142 e. The molecule has 0 aromatic carbocycles. The average Bonchev–Trinajstić information content (AvgIpc) is 1.81. The summed E-state index contributed by atoms with van der Waals surface area (Å²) in [4.78, 5) is 9.56. The van der Waals surface area contributed by atoms with Crippen LogP contribution in [0.15, 0.2) is 24.3 Å². The predicted molar refractivity (Wildman–Crippen MR) is 30.0 cm³/mol. The Kier molecular flexibility index (Phi) is 4.68. The molecule has 0 aromatic rings. The molecule has 0 saturated carbocycles. The van der Waals surface area contributed by atoms with Gasteiger partial charge in [0, 0.05) is 6.08 Å². The second-order valence-electron chi connectivity index (χ2n) is 1.01. The van der Waals surface area contributed by atoms with E-state index in [9.17, 15) is 4.79 Å². The highest BCUT2D eigenvalue weighted by molar-refractivity contribution is 5.65. The molecule has 0 aliphatic rings. The van der Waals surface area contributed by atoms with E-state index in [1.807, 2.05) is 0 Å². The molecule has 0 unspecified atom stereocenters. The van der Waals surface area contributed by atoms with Gasteiger partial charge < -0.3 is 0 Å². The van der Waals surface area contributed by atoms with Gasteiger partial charge in [0.15, 0.2) is 0 Å². The molecule has 0 rings (SSSR count). The van der Waals surface area contributed by atoms with Crippen molar-refractivity contribution in [2.75, 3.05) is 0 Å². The average molecular weight is 107 g/mol. The van der Waals surface area contributed by atoms with Crippen molar-refractivity contribution in [2.24, 2.45) is 0 Å². The zero-order chi connectivity index (χ0) is 6.24. The Balaban J connectivity index is 3.46. The Morgan fingerprint density at radius 3 is 2.50 bits per heavy atom. The molecule has 8 heavy (non-hydrogen) atoms. The summed E-state index contributed by atoms with van der Waals surface area (Å²) in [5, 5.41) is 7.91. The number of rotatable bonds is 2.